The van der Waals surface area contributed by atoms with Gasteiger partial charge in [0.25, 0.3) is 0 Å². The first-order chi connectivity index (χ1) is 9.02. The van der Waals surface area contributed by atoms with Gasteiger partial charge in [-0.1, -0.05) is 26.0 Å². The molecule has 0 aromatic carbocycles. The maximum atomic E-state index is 4.18. The molecule has 0 bridgehead atoms. The molecule has 0 amide bonds. The fourth-order valence-electron chi connectivity index (χ4n) is 2.04. The summed E-state index contributed by atoms with van der Waals surface area (Å²) in [6.45, 7) is 16.0. The molecular formula is C14H29N5. The Bertz CT molecular complexity index is 345. The van der Waals surface area contributed by atoms with E-state index in [1.54, 1.807) is 0 Å². The van der Waals surface area contributed by atoms with Crippen LogP contribution in [0.1, 0.15) is 40.3 Å². The molecular weight excluding hydrogens is 238 g/mol. The van der Waals surface area contributed by atoms with Gasteiger partial charge in [-0.25, -0.2) is 0 Å². The molecule has 0 unspecified atom stereocenters. The number of rotatable bonds is 9. The lowest BCUT2D eigenvalue weighted by atomic mass is 10.2. The first kappa shape index (κ1) is 16.1. The van der Waals surface area contributed by atoms with Gasteiger partial charge in [0.15, 0.2) is 0 Å². The van der Waals surface area contributed by atoms with Crippen LogP contribution in [0.4, 0.5) is 0 Å². The van der Waals surface area contributed by atoms with E-state index in [0.29, 0.717) is 12.0 Å². The number of hydrogen-bond acceptors (Lipinski definition) is 4. The average molecular weight is 267 g/mol. The molecule has 0 aliphatic rings. The Morgan fingerprint density at radius 2 is 2.05 bits per heavy atom. The van der Waals surface area contributed by atoms with Crippen molar-refractivity contribution in [3.05, 3.63) is 11.9 Å². The molecule has 0 atom stereocenters. The third kappa shape index (κ3) is 6.16. The highest BCUT2D eigenvalue weighted by Gasteiger charge is 2.11. The SMILES string of the molecule is CCNCc1cn(CCN(CC(C)C)C(C)C)nn1. The number of aromatic nitrogens is 3. The smallest absolute Gasteiger partial charge is 0.0964 e. The summed E-state index contributed by atoms with van der Waals surface area (Å²) in [7, 11) is 0. The lowest BCUT2D eigenvalue weighted by molar-refractivity contribution is 0.187. The normalized spacial score (nSPS) is 12.0. The van der Waals surface area contributed by atoms with Crippen LogP contribution in [0.15, 0.2) is 6.20 Å². The average Bonchev–Trinajstić information content (AvgIpc) is 2.79. The molecule has 0 saturated carbocycles. The van der Waals surface area contributed by atoms with Gasteiger partial charge in [-0.2, -0.15) is 0 Å². The Morgan fingerprint density at radius 1 is 1.32 bits per heavy atom. The van der Waals surface area contributed by atoms with E-state index in [1.165, 1.54) is 0 Å². The zero-order valence-corrected chi connectivity index (χ0v) is 13.1. The summed E-state index contributed by atoms with van der Waals surface area (Å²) in [5.41, 5.74) is 1.02. The quantitative estimate of drug-likeness (QED) is 0.740. The van der Waals surface area contributed by atoms with Gasteiger partial charge in [-0.15, -0.1) is 5.10 Å². The van der Waals surface area contributed by atoms with Crippen molar-refractivity contribution in [2.75, 3.05) is 19.6 Å². The Labute approximate surface area is 117 Å². The molecule has 0 saturated heterocycles. The second-order valence-corrected chi connectivity index (χ2v) is 5.74. The molecule has 0 spiro atoms. The molecule has 0 aliphatic carbocycles. The maximum absolute atomic E-state index is 4.18. The van der Waals surface area contributed by atoms with Gasteiger partial charge in [0, 0.05) is 31.9 Å². The maximum Gasteiger partial charge on any atom is 0.0964 e. The van der Waals surface area contributed by atoms with Crippen LogP contribution in [-0.2, 0) is 13.1 Å². The van der Waals surface area contributed by atoms with Crippen LogP contribution in [-0.4, -0.2) is 45.6 Å². The van der Waals surface area contributed by atoms with Crippen LogP contribution >= 0.6 is 0 Å². The highest BCUT2D eigenvalue weighted by molar-refractivity contribution is 4.91. The summed E-state index contributed by atoms with van der Waals surface area (Å²) in [6, 6.07) is 0.576. The fourth-order valence-corrected chi connectivity index (χ4v) is 2.04. The number of nitrogens with zero attached hydrogens (tertiary/aromatic N) is 4. The monoisotopic (exact) mass is 267 g/mol. The molecule has 1 rings (SSSR count). The first-order valence-corrected chi connectivity index (χ1v) is 7.36. The summed E-state index contributed by atoms with van der Waals surface area (Å²) in [5.74, 6) is 0.697. The molecule has 19 heavy (non-hydrogen) atoms. The van der Waals surface area contributed by atoms with Crippen molar-refractivity contribution in [2.24, 2.45) is 5.92 Å². The second-order valence-electron chi connectivity index (χ2n) is 5.74. The van der Waals surface area contributed by atoms with E-state index in [-0.39, 0.29) is 0 Å². The molecule has 1 aromatic rings. The van der Waals surface area contributed by atoms with Crippen LogP contribution in [0.5, 0.6) is 0 Å². The van der Waals surface area contributed by atoms with E-state index in [0.717, 1.165) is 38.4 Å². The van der Waals surface area contributed by atoms with Crippen LogP contribution in [0.2, 0.25) is 0 Å². The van der Waals surface area contributed by atoms with Crippen LogP contribution in [0.3, 0.4) is 0 Å². The first-order valence-electron chi connectivity index (χ1n) is 7.36. The number of hydrogen-bond donors (Lipinski definition) is 1. The molecule has 1 N–H and O–H groups in total. The lowest BCUT2D eigenvalue weighted by Gasteiger charge is -2.27. The molecule has 0 fully saturated rings. The van der Waals surface area contributed by atoms with Gasteiger partial charge < -0.3 is 5.32 Å². The van der Waals surface area contributed by atoms with Crippen molar-refractivity contribution < 1.29 is 0 Å². The summed E-state index contributed by atoms with van der Waals surface area (Å²) < 4.78 is 1.95. The van der Waals surface area contributed by atoms with E-state index >= 15 is 0 Å². The Balaban J connectivity index is 2.43. The van der Waals surface area contributed by atoms with E-state index < -0.39 is 0 Å². The molecule has 0 aliphatic heterocycles. The Kier molecular flexibility index (Phi) is 7.02. The van der Waals surface area contributed by atoms with E-state index in [4.69, 9.17) is 0 Å². The fraction of sp³-hybridized carbons (Fsp3) is 0.857. The Hall–Kier alpha value is -0.940. The zero-order chi connectivity index (χ0) is 14.3. The highest BCUT2D eigenvalue weighted by Crippen LogP contribution is 2.04. The standard InChI is InChI=1S/C14H29N5/c1-6-15-9-14-11-19(17-16-14)8-7-18(13(4)5)10-12(2)3/h11-13,15H,6-10H2,1-5H3. The van der Waals surface area contributed by atoms with Gasteiger partial charge >= 0.3 is 0 Å². The molecule has 5 heteroatoms. The summed E-state index contributed by atoms with van der Waals surface area (Å²) in [5, 5.41) is 11.6. The molecule has 110 valence electrons. The summed E-state index contributed by atoms with van der Waals surface area (Å²) in [4.78, 5) is 2.50. The van der Waals surface area contributed by atoms with Crippen molar-refractivity contribution in [3.63, 3.8) is 0 Å². The molecule has 0 radical (unpaired) electrons. The van der Waals surface area contributed by atoms with Gasteiger partial charge in [-0.3, -0.25) is 9.58 Å². The van der Waals surface area contributed by atoms with Crippen molar-refractivity contribution >= 4 is 0 Å². The van der Waals surface area contributed by atoms with E-state index in [2.05, 4.69) is 55.1 Å². The zero-order valence-electron chi connectivity index (χ0n) is 13.1. The largest absolute Gasteiger partial charge is 0.311 e. The van der Waals surface area contributed by atoms with Gasteiger partial charge in [0.1, 0.15) is 0 Å². The highest BCUT2D eigenvalue weighted by atomic mass is 15.4. The van der Waals surface area contributed by atoms with E-state index in [9.17, 15) is 0 Å². The van der Waals surface area contributed by atoms with Crippen molar-refractivity contribution in [1.82, 2.24) is 25.2 Å². The molecule has 1 aromatic heterocycles. The second kappa shape index (κ2) is 8.27. The minimum Gasteiger partial charge on any atom is -0.311 e. The van der Waals surface area contributed by atoms with Crippen LogP contribution in [0, 0.1) is 5.92 Å². The lowest BCUT2D eigenvalue weighted by Crippen LogP contribution is -2.36. The third-order valence-corrected chi connectivity index (χ3v) is 3.09. The van der Waals surface area contributed by atoms with Crippen molar-refractivity contribution in [3.8, 4) is 0 Å². The Morgan fingerprint density at radius 3 is 2.63 bits per heavy atom. The minimum atomic E-state index is 0.576. The molecule has 5 nitrogen and oxygen atoms in total. The topological polar surface area (TPSA) is 46.0 Å². The number of nitrogens with one attached hydrogen (secondary N) is 1. The van der Waals surface area contributed by atoms with Crippen LogP contribution < -0.4 is 5.32 Å². The van der Waals surface area contributed by atoms with Gasteiger partial charge in [-0.05, 0) is 26.3 Å². The summed E-state index contributed by atoms with van der Waals surface area (Å²) >= 11 is 0. The predicted octanol–water partition coefficient (Wildman–Crippen LogP) is 1.75. The third-order valence-electron chi connectivity index (χ3n) is 3.09. The van der Waals surface area contributed by atoms with Gasteiger partial charge in [0.05, 0.1) is 12.2 Å². The predicted molar refractivity (Wildman–Crippen MR) is 78.9 cm³/mol. The van der Waals surface area contributed by atoms with Crippen LogP contribution in [0.25, 0.3) is 0 Å². The molecule has 1 heterocycles. The minimum absolute atomic E-state index is 0.576. The van der Waals surface area contributed by atoms with E-state index in [1.807, 2.05) is 10.9 Å². The van der Waals surface area contributed by atoms with Crippen molar-refractivity contribution in [1.29, 1.82) is 0 Å². The van der Waals surface area contributed by atoms with Gasteiger partial charge in [0.2, 0.25) is 0 Å². The summed E-state index contributed by atoms with van der Waals surface area (Å²) in [6.07, 6.45) is 2.04. The van der Waals surface area contributed by atoms with Crippen molar-refractivity contribution in [2.45, 2.75) is 53.8 Å².